The number of likely N-dealkylation sites (tertiary alicyclic amines) is 1. The average Bonchev–Trinajstić information content (AvgIpc) is 3.43. The zero-order valence-electron chi connectivity index (χ0n) is 16.7. The minimum Gasteiger partial charge on any atom is -0.356 e. The number of fused-ring (bicyclic) bond motifs is 1. The van der Waals surface area contributed by atoms with Crippen LogP contribution in [-0.4, -0.2) is 50.9 Å². The van der Waals surface area contributed by atoms with Crippen molar-refractivity contribution in [1.29, 1.82) is 5.26 Å². The average molecular weight is 404 g/mol. The summed E-state index contributed by atoms with van der Waals surface area (Å²) in [5.41, 5.74) is 2.83. The van der Waals surface area contributed by atoms with Crippen LogP contribution in [0.25, 0.3) is 11.0 Å². The van der Waals surface area contributed by atoms with Gasteiger partial charge in [-0.1, -0.05) is 12.1 Å². The van der Waals surface area contributed by atoms with Gasteiger partial charge in [-0.3, -0.25) is 9.59 Å². The van der Waals surface area contributed by atoms with Crippen LogP contribution in [0.15, 0.2) is 42.9 Å². The number of carbonyl (C=O) groups excluding carboxylic acids is 2. The highest BCUT2D eigenvalue weighted by molar-refractivity contribution is 5.93. The van der Waals surface area contributed by atoms with Crippen molar-refractivity contribution in [2.75, 3.05) is 19.6 Å². The predicted octanol–water partition coefficient (Wildman–Crippen LogP) is 2.29. The maximum Gasteiger partial charge on any atom is 0.270 e. The lowest BCUT2D eigenvalue weighted by atomic mass is 9.97. The standard InChI is InChI=1S/C22H24N6O2/c23-11-17-10-19(24-13-17)22(30)27-8-3-4-16(14-27)12-25-21(29)7-9-28-15-26-18-5-1-2-6-20(18)28/h1-2,5-6,10,13,15-16,24H,3-4,7-9,12,14H2,(H,25,29). The fraction of sp³-hybridized carbons (Fsp3) is 0.364. The fourth-order valence-electron chi connectivity index (χ4n) is 3.93. The van der Waals surface area contributed by atoms with Gasteiger partial charge in [0.2, 0.25) is 5.91 Å². The molecule has 1 aromatic carbocycles. The molecule has 154 valence electrons. The number of imidazole rings is 1. The summed E-state index contributed by atoms with van der Waals surface area (Å²) in [7, 11) is 0. The van der Waals surface area contributed by atoms with E-state index in [-0.39, 0.29) is 17.7 Å². The molecule has 8 nitrogen and oxygen atoms in total. The van der Waals surface area contributed by atoms with Gasteiger partial charge in [-0.2, -0.15) is 5.26 Å². The van der Waals surface area contributed by atoms with E-state index in [1.807, 2.05) is 34.9 Å². The Morgan fingerprint density at radius 2 is 2.20 bits per heavy atom. The second-order valence-electron chi connectivity index (χ2n) is 7.65. The minimum absolute atomic E-state index is 0.000684. The Balaban J connectivity index is 1.25. The van der Waals surface area contributed by atoms with Crippen molar-refractivity contribution in [1.82, 2.24) is 24.8 Å². The first-order valence-corrected chi connectivity index (χ1v) is 10.2. The summed E-state index contributed by atoms with van der Waals surface area (Å²) >= 11 is 0. The number of rotatable bonds is 6. The molecule has 8 heteroatoms. The fourth-order valence-corrected chi connectivity index (χ4v) is 3.93. The summed E-state index contributed by atoms with van der Waals surface area (Å²) < 4.78 is 1.99. The molecule has 1 fully saturated rings. The molecule has 3 aromatic rings. The first-order chi connectivity index (χ1) is 14.6. The Morgan fingerprint density at radius 3 is 3.03 bits per heavy atom. The Hall–Kier alpha value is -3.60. The van der Waals surface area contributed by atoms with Gasteiger partial charge in [0, 0.05) is 38.8 Å². The Labute approximate surface area is 174 Å². The number of piperidine rings is 1. The van der Waals surface area contributed by atoms with Crippen molar-refractivity contribution in [2.24, 2.45) is 5.92 Å². The molecule has 3 heterocycles. The third kappa shape index (κ3) is 4.35. The molecule has 1 unspecified atom stereocenters. The maximum absolute atomic E-state index is 12.6. The lowest BCUT2D eigenvalue weighted by Gasteiger charge is -2.32. The first-order valence-electron chi connectivity index (χ1n) is 10.2. The highest BCUT2D eigenvalue weighted by Crippen LogP contribution is 2.18. The number of carbonyl (C=O) groups is 2. The van der Waals surface area contributed by atoms with Gasteiger partial charge in [0.15, 0.2) is 0 Å². The van der Waals surface area contributed by atoms with Crippen LogP contribution >= 0.6 is 0 Å². The van der Waals surface area contributed by atoms with Crippen LogP contribution in [-0.2, 0) is 11.3 Å². The highest BCUT2D eigenvalue weighted by atomic mass is 16.2. The van der Waals surface area contributed by atoms with Crippen molar-refractivity contribution >= 4 is 22.8 Å². The molecule has 0 spiro atoms. The summed E-state index contributed by atoms with van der Waals surface area (Å²) in [4.78, 5) is 34.0. The predicted molar refractivity (Wildman–Crippen MR) is 111 cm³/mol. The van der Waals surface area contributed by atoms with Crippen molar-refractivity contribution in [3.8, 4) is 6.07 Å². The molecule has 0 bridgehead atoms. The monoisotopic (exact) mass is 404 g/mol. The summed E-state index contributed by atoms with van der Waals surface area (Å²) in [6, 6.07) is 11.5. The number of para-hydroxylation sites is 2. The van der Waals surface area contributed by atoms with Gasteiger partial charge in [0.1, 0.15) is 11.8 Å². The van der Waals surface area contributed by atoms with E-state index in [1.165, 1.54) is 0 Å². The number of H-pyrrole nitrogens is 1. The van der Waals surface area contributed by atoms with Gasteiger partial charge >= 0.3 is 0 Å². The number of hydrogen-bond donors (Lipinski definition) is 2. The number of aromatic nitrogens is 3. The Morgan fingerprint density at radius 1 is 1.33 bits per heavy atom. The number of benzene rings is 1. The summed E-state index contributed by atoms with van der Waals surface area (Å²) in [5, 5.41) is 11.9. The molecule has 1 aliphatic rings. The molecule has 0 aliphatic carbocycles. The molecule has 4 rings (SSSR count). The number of amides is 2. The zero-order valence-corrected chi connectivity index (χ0v) is 16.7. The summed E-state index contributed by atoms with van der Waals surface area (Å²) in [6.07, 6.45) is 5.57. The van der Waals surface area contributed by atoms with Crippen molar-refractivity contribution in [2.45, 2.75) is 25.8 Å². The van der Waals surface area contributed by atoms with E-state index < -0.39 is 0 Å². The van der Waals surface area contributed by atoms with Gasteiger partial charge < -0.3 is 19.8 Å². The van der Waals surface area contributed by atoms with Crippen molar-refractivity contribution in [3.05, 3.63) is 54.1 Å². The lowest BCUT2D eigenvalue weighted by molar-refractivity contribution is -0.121. The smallest absolute Gasteiger partial charge is 0.270 e. The molecule has 0 radical (unpaired) electrons. The van der Waals surface area contributed by atoms with Crippen LogP contribution in [0.1, 0.15) is 35.3 Å². The van der Waals surface area contributed by atoms with Crippen LogP contribution in [0.5, 0.6) is 0 Å². The first kappa shape index (κ1) is 19.7. The number of aryl methyl sites for hydroxylation is 1. The number of nitriles is 1. The highest BCUT2D eigenvalue weighted by Gasteiger charge is 2.25. The Kier molecular flexibility index (Phi) is 5.80. The van der Waals surface area contributed by atoms with E-state index in [0.717, 1.165) is 23.9 Å². The lowest BCUT2D eigenvalue weighted by Crippen LogP contribution is -2.43. The Bertz CT molecular complexity index is 1090. The third-order valence-corrected chi connectivity index (χ3v) is 5.54. The van der Waals surface area contributed by atoms with E-state index in [0.29, 0.717) is 43.9 Å². The molecule has 1 saturated heterocycles. The van der Waals surface area contributed by atoms with Crippen LogP contribution in [0.4, 0.5) is 0 Å². The van der Waals surface area contributed by atoms with Gasteiger partial charge in [0.05, 0.1) is 22.9 Å². The van der Waals surface area contributed by atoms with E-state index in [9.17, 15) is 9.59 Å². The van der Waals surface area contributed by atoms with Crippen molar-refractivity contribution in [3.63, 3.8) is 0 Å². The van der Waals surface area contributed by atoms with Gasteiger partial charge in [0.25, 0.3) is 5.91 Å². The summed E-state index contributed by atoms with van der Waals surface area (Å²) in [6.45, 7) is 2.43. The number of hydrogen-bond acceptors (Lipinski definition) is 4. The van der Waals surface area contributed by atoms with E-state index in [2.05, 4.69) is 15.3 Å². The third-order valence-electron chi connectivity index (χ3n) is 5.54. The van der Waals surface area contributed by atoms with Crippen LogP contribution in [0, 0.1) is 17.2 Å². The minimum atomic E-state index is -0.0977. The molecule has 30 heavy (non-hydrogen) atoms. The van der Waals surface area contributed by atoms with Gasteiger partial charge in [-0.25, -0.2) is 4.98 Å². The maximum atomic E-state index is 12.6. The topological polar surface area (TPSA) is 107 Å². The van der Waals surface area contributed by atoms with E-state index in [1.54, 1.807) is 23.5 Å². The molecular weight excluding hydrogens is 380 g/mol. The van der Waals surface area contributed by atoms with Crippen molar-refractivity contribution < 1.29 is 9.59 Å². The molecule has 1 aliphatic heterocycles. The van der Waals surface area contributed by atoms with Gasteiger partial charge in [-0.15, -0.1) is 0 Å². The molecule has 2 aromatic heterocycles. The SMILES string of the molecule is N#Cc1c[nH]c(C(=O)N2CCCC(CNC(=O)CCn3cnc4ccccc43)C2)c1. The zero-order chi connectivity index (χ0) is 20.9. The molecule has 1 atom stereocenters. The second-order valence-corrected chi connectivity index (χ2v) is 7.65. The van der Waals surface area contributed by atoms with Gasteiger partial charge in [-0.05, 0) is 37.0 Å². The van der Waals surface area contributed by atoms with Crippen LogP contribution in [0.2, 0.25) is 0 Å². The largest absolute Gasteiger partial charge is 0.356 e. The molecule has 2 N–H and O–H groups in total. The molecular formula is C22H24N6O2. The van der Waals surface area contributed by atoms with E-state index >= 15 is 0 Å². The number of aromatic amines is 1. The van der Waals surface area contributed by atoms with E-state index in [4.69, 9.17) is 5.26 Å². The normalized spacial score (nSPS) is 16.4. The summed E-state index contributed by atoms with van der Waals surface area (Å²) in [5.74, 6) is 0.130. The van der Waals surface area contributed by atoms with Crippen LogP contribution in [0.3, 0.4) is 0 Å². The number of nitrogens with one attached hydrogen (secondary N) is 2. The molecule has 0 saturated carbocycles. The second kappa shape index (κ2) is 8.82. The van der Waals surface area contributed by atoms with Crippen LogP contribution < -0.4 is 5.32 Å². The molecule has 2 amide bonds. The number of nitrogens with zero attached hydrogens (tertiary/aromatic N) is 4. The quantitative estimate of drug-likeness (QED) is 0.657.